The van der Waals surface area contributed by atoms with Gasteiger partial charge in [-0.15, -0.1) is 0 Å². The third-order valence-corrected chi connectivity index (χ3v) is 9.01. The maximum atomic E-state index is 13.2. The van der Waals surface area contributed by atoms with Crippen LogP contribution in [0.2, 0.25) is 0 Å². The molecule has 11 heteroatoms. The number of halogens is 1. The number of anilines is 3. The van der Waals surface area contributed by atoms with Gasteiger partial charge in [-0.3, -0.25) is 14.2 Å². The summed E-state index contributed by atoms with van der Waals surface area (Å²) in [6.45, 7) is 5.34. The van der Waals surface area contributed by atoms with Crippen molar-refractivity contribution in [1.29, 1.82) is 0 Å². The Bertz CT molecular complexity index is 1750. The van der Waals surface area contributed by atoms with Gasteiger partial charge >= 0.3 is 0 Å². The first kappa shape index (κ1) is 27.8. The number of amides is 1. The van der Waals surface area contributed by atoms with Crippen molar-refractivity contribution in [3.8, 4) is 0 Å². The minimum Gasteiger partial charge on any atom is -0.322 e. The molecule has 0 unspecified atom stereocenters. The smallest absolute Gasteiger partial charge is 0.262 e. The second-order valence-electron chi connectivity index (χ2n) is 8.92. The number of carbonyl (C=O) groups excluding carboxylic acids is 1. The van der Waals surface area contributed by atoms with Crippen LogP contribution in [-0.4, -0.2) is 22.7 Å². The van der Waals surface area contributed by atoms with E-state index in [1.165, 1.54) is 48.5 Å². The standard InChI is InChI=1S/C28H26FN3O5S2/c1-18-5-4-6-26(20(18)3)32-39(36,37)27-17-21(8-7-19(27)2)28(33)30-23-13-15-25(16-14-23)38(34,35)31-24-11-9-22(29)10-12-24/h4-17,31-32H,1-3H3,(H,30,33). The lowest BCUT2D eigenvalue weighted by Gasteiger charge is -2.15. The molecule has 3 N–H and O–H groups in total. The van der Waals surface area contributed by atoms with E-state index in [-0.39, 0.29) is 21.0 Å². The molecule has 0 aliphatic carbocycles. The van der Waals surface area contributed by atoms with Gasteiger partial charge in [0, 0.05) is 16.9 Å². The third kappa shape index (κ3) is 6.44. The Morgan fingerprint density at radius 3 is 2.00 bits per heavy atom. The lowest BCUT2D eigenvalue weighted by atomic mass is 10.1. The van der Waals surface area contributed by atoms with Gasteiger partial charge in [-0.1, -0.05) is 18.2 Å². The highest BCUT2D eigenvalue weighted by atomic mass is 32.2. The summed E-state index contributed by atoms with van der Waals surface area (Å²) in [5.41, 5.74) is 3.26. The largest absolute Gasteiger partial charge is 0.322 e. The minimum absolute atomic E-state index is 0.0376. The van der Waals surface area contributed by atoms with E-state index in [4.69, 9.17) is 0 Å². The number of sulfonamides is 2. The predicted molar refractivity (Wildman–Crippen MR) is 150 cm³/mol. The van der Waals surface area contributed by atoms with Gasteiger partial charge in [0.15, 0.2) is 0 Å². The molecule has 0 atom stereocenters. The van der Waals surface area contributed by atoms with Crippen LogP contribution in [0.5, 0.6) is 0 Å². The zero-order valence-corrected chi connectivity index (χ0v) is 23.0. The summed E-state index contributed by atoms with van der Waals surface area (Å²) < 4.78 is 69.6. The van der Waals surface area contributed by atoms with Gasteiger partial charge in [0.05, 0.1) is 15.5 Å². The summed E-state index contributed by atoms with van der Waals surface area (Å²) >= 11 is 0. The molecule has 0 saturated heterocycles. The quantitative estimate of drug-likeness (QED) is 0.256. The van der Waals surface area contributed by atoms with Crippen LogP contribution in [-0.2, 0) is 20.0 Å². The number of hydrogen-bond donors (Lipinski definition) is 3. The van der Waals surface area contributed by atoms with Gasteiger partial charge < -0.3 is 5.32 Å². The van der Waals surface area contributed by atoms with E-state index in [1.807, 2.05) is 19.9 Å². The summed E-state index contributed by atoms with van der Waals surface area (Å²) in [5.74, 6) is -1.06. The molecule has 4 aromatic carbocycles. The Balaban J connectivity index is 1.51. The molecule has 0 radical (unpaired) electrons. The normalized spacial score (nSPS) is 11.6. The van der Waals surface area contributed by atoms with Crippen molar-refractivity contribution < 1.29 is 26.0 Å². The lowest BCUT2D eigenvalue weighted by Crippen LogP contribution is -2.18. The average Bonchev–Trinajstić information content (AvgIpc) is 2.88. The Labute approximate surface area is 227 Å². The molecular formula is C28H26FN3O5S2. The second kappa shape index (κ2) is 10.9. The van der Waals surface area contributed by atoms with Crippen molar-refractivity contribution in [2.45, 2.75) is 30.6 Å². The van der Waals surface area contributed by atoms with Crippen LogP contribution in [0.15, 0.2) is 94.7 Å². The molecule has 1 amide bonds. The Morgan fingerprint density at radius 2 is 1.33 bits per heavy atom. The van der Waals surface area contributed by atoms with Crippen LogP contribution in [0.4, 0.5) is 21.5 Å². The van der Waals surface area contributed by atoms with E-state index in [2.05, 4.69) is 14.8 Å². The fourth-order valence-electron chi connectivity index (χ4n) is 3.74. The van der Waals surface area contributed by atoms with Crippen LogP contribution in [0.3, 0.4) is 0 Å². The number of benzene rings is 4. The highest BCUT2D eigenvalue weighted by Crippen LogP contribution is 2.25. The zero-order chi connectivity index (χ0) is 28.4. The van der Waals surface area contributed by atoms with Gasteiger partial charge in [-0.05, 0) is 104 Å². The number of nitrogens with one attached hydrogen (secondary N) is 3. The maximum Gasteiger partial charge on any atom is 0.262 e. The number of carbonyl (C=O) groups is 1. The molecule has 0 fully saturated rings. The number of rotatable bonds is 8. The van der Waals surface area contributed by atoms with Crippen molar-refractivity contribution in [2.24, 2.45) is 0 Å². The van der Waals surface area contributed by atoms with Gasteiger partial charge in [0.1, 0.15) is 5.82 Å². The molecule has 0 heterocycles. The molecule has 4 rings (SSSR count). The molecule has 0 bridgehead atoms. The molecule has 0 aromatic heterocycles. The van der Waals surface area contributed by atoms with Crippen molar-refractivity contribution in [3.05, 3.63) is 113 Å². The molecule has 0 spiro atoms. The van der Waals surface area contributed by atoms with Crippen LogP contribution >= 0.6 is 0 Å². The molecular weight excluding hydrogens is 541 g/mol. The summed E-state index contributed by atoms with van der Waals surface area (Å²) in [7, 11) is -7.93. The van der Waals surface area contributed by atoms with Crippen molar-refractivity contribution in [2.75, 3.05) is 14.8 Å². The summed E-state index contributed by atoms with van der Waals surface area (Å²) in [6.07, 6.45) is 0. The molecule has 4 aromatic rings. The molecule has 0 aliphatic rings. The van der Waals surface area contributed by atoms with E-state index in [1.54, 1.807) is 25.1 Å². The van der Waals surface area contributed by atoms with Gasteiger partial charge in [-0.2, -0.15) is 0 Å². The van der Waals surface area contributed by atoms with Crippen LogP contribution in [0.1, 0.15) is 27.0 Å². The topological polar surface area (TPSA) is 121 Å². The first-order valence-corrected chi connectivity index (χ1v) is 14.7. The minimum atomic E-state index is -3.99. The van der Waals surface area contributed by atoms with E-state index in [9.17, 15) is 26.0 Å². The summed E-state index contributed by atoms with van der Waals surface area (Å²) in [4.78, 5) is 12.8. The van der Waals surface area contributed by atoms with Crippen LogP contribution < -0.4 is 14.8 Å². The highest BCUT2D eigenvalue weighted by Gasteiger charge is 2.21. The van der Waals surface area contributed by atoms with Crippen LogP contribution in [0, 0.1) is 26.6 Å². The SMILES string of the molecule is Cc1ccc(C(=O)Nc2ccc(S(=O)(=O)Nc3ccc(F)cc3)cc2)cc1S(=O)(=O)Nc1cccc(C)c1C. The predicted octanol–water partition coefficient (Wildman–Crippen LogP) is 5.60. The van der Waals surface area contributed by atoms with Gasteiger partial charge in [0.2, 0.25) is 0 Å². The molecule has 202 valence electrons. The fourth-order valence-corrected chi connectivity index (χ4v) is 6.20. The lowest BCUT2D eigenvalue weighted by molar-refractivity contribution is 0.102. The maximum absolute atomic E-state index is 13.2. The first-order chi connectivity index (χ1) is 18.4. The van der Waals surface area contributed by atoms with E-state index >= 15 is 0 Å². The van der Waals surface area contributed by atoms with E-state index in [0.717, 1.165) is 23.3 Å². The number of hydrogen-bond acceptors (Lipinski definition) is 5. The molecule has 39 heavy (non-hydrogen) atoms. The van der Waals surface area contributed by atoms with Gasteiger partial charge in [0.25, 0.3) is 26.0 Å². The second-order valence-corrected chi connectivity index (χ2v) is 12.3. The Morgan fingerprint density at radius 1 is 0.692 bits per heavy atom. The van der Waals surface area contributed by atoms with E-state index in [0.29, 0.717) is 16.9 Å². The molecule has 0 saturated carbocycles. The molecule has 8 nitrogen and oxygen atoms in total. The van der Waals surface area contributed by atoms with Crippen molar-refractivity contribution in [1.82, 2.24) is 0 Å². The Hall–Kier alpha value is -4.22. The summed E-state index contributed by atoms with van der Waals surface area (Å²) in [5, 5.41) is 2.65. The van der Waals surface area contributed by atoms with Crippen LogP contribution in [0.25, 0.3) is 0 Å². The Kier molecular flexibility index (Phi) is 7.75. The fraction of sp³-hybridized carbons (Fsp3) is 0.107. The first-order valence-electron chi connectivity index (χ1n) is 11.8. The van der Waals surface area contributed by atoms with E-state index < -0.39 is 31.8 Å². The van der Waals surface area contributed by atoms with Gasteiger partial charge in [-0.25, -0.2) is 21.2 Å². The number of aryl methyl sites for hydroxylation is 2. The summed E-state index contributed by atoms with van der Waals surface area (Å²) in [6, 6.07) is 20.0. The van der Waals surface area contributed by atoms with Crippen molar-refractivity contribution >= 4 is 43.0 Å². The van der Waals surface area contributed by atoms with Crippen molar-refractivity contribution in [3.63, 3.8) is 0 Å². The molecule has 0 aliphatic heterocycles. The zero-order valence-electron chi connectivity index (χ0n) is 21.3. The highest BCUT2D eigenvalue weighted by molar-refractivity contribution is 7.93. The average molecular weight is 568 g/mol. The third-order valence-electron chi connectivity index (χ3n) is 6.11. The monoisotopic (exact) mass is 567 g/mol.